The molecule has 4 aromatic heterocycles. The number of rotatable bonds is 2. The van der Waals surface area contributed by atoms with Crippen molar-refractivity contribution in [2.45, 2.75) is 0 Å². The largest absolute Gasteiger partial charge is 0.308 e. The van der Waals surface area contributed by atoms with Crippen LogP contribution in [0.3, 0.4) is 0 Å². The molecule has 230 valence electrons. The summed E-state index contributed by atoms with van der Waals surface area (Å²) in [5.74, 6) is 0.671. The van der Waals surface area contributed by atoms with Gasteiger partial charge in [0.1, 0.15) is 0 Å². The van der Waals surface area contributed by atoms with Crippen molar-refractivity contribution in [2.75, 3.05) is 0 Å². The molecule has 0 unspecified atom stereocenters. The van der Waals surface area contributed by atoms with E-state index in [4.69, 9.17) is 9.97 Å². The van der Waals surface area contributed by atoms with Crippen molar-refractivity contribution in [3.05, 3.63) is 158 Å². The highest BCUT2D eigenvalue weighted by molar-refractivity contribution is 6.37. The molecular formula is C46H26N4. The predicted molar refractivity (Wildman–Crippen MR) is 209 cm³/mol. The molecule has 0 bridgehead atoms. The van der Waals surface area contributed by atoms with E-state index in [2.05, 4.69) is 167 Å². The third kappa shape index (κ3) is 3.30. The van der Waals surface area contributed by atoms with Crippen LogP contribution in [0.2, 0.25) is 0 Å². The number of hydrogen-bond acceptors (Lipinski definition) is 2. The summed E-state index contributed by atoms with van der Waals surface area (Å²) in [6.45, 7) is 0. The maximum absolute atomic E-state index is 5.50. The lowest BCUT2D eigenvalue weighted by Crippen LogP contribution is -2.03. The number of para-hydroxylation sites is 3. The number of benzene rings is 8. The quantitative estimate of drug-likeness (QED) is 0.190. The van der Waals surface area contributed by atoms with E-state index >= 15 is 0 Å². The van der Waals surface area contributed by atoms with E-state index in [9.17, 15) is 0 Å². The standard InChI is InChI=1S/C46H26N4/c1-2-13-29-25-30(22-21-27(29)11-1)43-34-17-5-8-18-37(34)47-46(48-43)50-39-20-10-7-16-33(39)36-26-35-32-15-6-9-19-38(32)49-40-24-23-28-12-3-4-14-31(28)41(40)42(44(35)49)45(36)50/h1-26H. The monoisotopic (exact) mass is 634 g/mol. The zero-order chi connectivity index (χ0) is 32.5. The zero-order valence-electron chi connectivity index (χ0n) is 26.8. The summed E-state index contributed by atoms with van der Waals surface area (Å²) in [7, 11) is 0. The number of nitrogens with zero attached hydrogens (tertiary/aromatic N) is 4. The summed E-state index contributed by atoms with van der Waals surface area (Å²) >= 11 is 0. The fourth-order valence-corrected chi connectivity index (χ4v) is 8.70. The van der Waals surface area contributed by atoms with E-state index in [1.54, 1.807) is 0 Å². The molecule has 12 aromatic rings. The van der Waals surface area contributed by atoms with Crippen LogP contribution in [-0.4, -0.2) is 18.9 Å². The molecule has 0 spiro atoms. The van der Waals surface area contributed by atoms with E-state index in [1.165, 1.54) is 70.4 Å². The Morgan fingerprint density at radius 3 is 1.88 bits per heavy atom. The smallest absolute Gasteiger partial charge is 0.235 e. The minimum Gasteiger partial charge on any atom is -0.308 e. The van der Waals surface area contributed by atoms with Gasteiger partial charge in [0, 0.05) is 43.3 Å². The molecule has 0 atom stereocenters. The van der Waals surface area contributed by atoms with Crippen LogP contribution in [0.1, 0.15) is 0 Å². The minimum absolute atomic E-state index is 0.671. The predicted octanol–water partition coefficient (Wildman–Crippen LogP) is 11.9. The van der Waals surface area contributed by atoms with Crippen LogP contribution in [0.5, 0.6) is 0 Å². The Hall–Kier alpha value is -6.78. The van der Waals surface area contributed by atoms with Gasteiger partial charge in [-0.15, -0.1) is 0 Å². The topological polar surface area (TPSA) is 35.1 Å². The molecule has 50 heavy (non-hydrogen) atoms. The van der Waals surface area contributed by atoms with Crippen LogP contribution in [0.25, 0.3) is 110 Å². The van der Waals surface area contributed by atoms with Crippen molar-refractivity contribution in [1.29, 1.82) is 0 Å². The molecule has 0 amide bonds. The van der Waals surface area contributed by atoms with Gasteiger partial charge in [0.15, 0.2) is 0 Å². The molecule has 0 aliphatic rings. The molecule has 0 aliphatic heterocycles. The first-order valence-electron chi connectivity index (χ1n) is 17.1. The van der Waals surface area contributed by atoms with Crippen molar-refractivity contribution in [3.63, 3.8) is 0 Å². The van der Waals surface area contributed by atoms with Crippen LogP contribution in [0.4, 0.5) is 0 Å². The van der Waals surface area contributed by atoms with Gasteiger partial charge in [-0.25, -0.2) is 9.97 Å². The first kappa shape index (κ1) is 26.2. The highest BCUT2D eigenvalue weighted by Gasteiger charge is 2.26. The molecule has 0 saturated carbocycles. The lowest BCUT2D eigenvalue weighted by atomic mass is 10.00. The van der Waals surface area contributed by atoms with Crippen LogP contribution in [0.15, 0.2) is 158 Å². The highest BCUT2D eigenvalue weighted by atomic mass is 15.2. The number of aromatic nitrogens is 4. The van der Waals surface area contributed by atoms with Gasteiger partial charge < -0.3 is 4.40 Å². The Bertz CT molecular complexity index is 3380. The molecule has 0 fully saturated rings. The molecule has 0 N–H and O–H groups in total. The van der Waals surface area contributed by atoms with Crippen LogP contribution >= 0.6 is 0 Å². The summed E-state index contributed by atoms with van der Waals surface area (Å²) in [4.78, 5) is 10.8. The molecule has 8 aromatic carbocycles. The normalized spacial score (nSPS) is 12.4. The van der Waals surface area contributed by atoms with Crippen LogP contribution in [-0.2, 0) is 0 Å². The van der Waals surface area contributed by atoms with Gasteiger partial charge in [-0.2, -0.15) is 0 Å². The van der Waals surface area contributed by atoms with Crippen molar-refractivity contribution in [1.82, 2.24) is 18.9 Å². The molecule has 0 radical (unpaired) electrons. The zero-order valence-corrected chi connectivity index (χ0v) is 26.8. The SMILES string of the molecule is c1ccc2cc(-c3nc(-n4c5ccccc5c5cc6c7ccccc7n7c8ccc9ccccc9c8c(c54)c67)nc4ccccc34)ccc2c1. The number of hydrogen-bond donors (Lipinski definition) is 0. The van der Waals surface area contributed by atoms with Gasteiger partial charge in [-0.1, -0.05) is 121 Å². The highest BCUT2D eigenvalue weighted by Crippen LogP contribution is 2.48. The van der Waals surface area contributed by atoms with Gasteiger partial charge in [0.25, 0.3) is 0 Å². The van der Waals surface area contributed by atoms with E-state index < -0.39 is 0 Å². The molecular weight excluding hydrogens is 609 g/mol. The third-order valence-corrected chi connectivity index (χ3v) is 10.8. The van der Waals surface area contributed by atoms with Gasteiger partial charge in [-0.3, -0.25) is 4.57 Å². The average molecular weight is 635 g/mol. The van der Waals surface area contributed by atoms with Crippen molar-refractivity contribution in [2.24, 2.45) is 0 Å². The molecule has 4 heterocycles. The van der Waals surface area contributed by atoms with Gasteiger partial charge in [-0.05, 0) is 57.9 Å². The average Bonchev–Trinajstić information content (AvgIpc) is 3.82. The molecule has 12 rings (SSSR count). The lowest BCUT2D eigenvalue weighted by molar-refractivity contribution is 1.02. The maximum Gasteiger partial charge on any atom is 0.235 e. The van der Waals surface area contributed by atoms with Gasteiger partial charge >= 0.3 is 0 Å². The summed E-state index contributed by atoms with van der Waals surface area (Å²) in [5, 5.41) is 13.4. The molecule has 4 heteroatoms. The fourth-order valence-electron chi connectivity index (χ4n) is 8.70. The van der Waals surface area contributed by atoms with Crippen molar-refractivity contribution in [3.8, 4) is 17.2 Å². The van der Waals surface area contributed by atoms with Crippen LogP contribution < -0.4 is 0 Å². The second-order valence-corrected chi connectivity index (χ2v) is 13.4. The second kappa shape index (κ2) is 9.43. The van der Waals surface area contributed by atoms with Gasteiger partial charge in [0.05, 0.1) is 38.8 Å². The second-order valence-electron chi connectivity index (χ2n) is 13.4. The Kier molecular flexibility index (Phi) is 4.94. The minimum atomic E-state index is 0.671. The van der Waals surface area contributed by atoms with Gasteiger partial charge in [0.2, 0.25) is 5.95 Å². The first-order chi connectivity index (χ1) is 24.8. The Balaban J connectivity index is 1.31. The summed E-state index contributed by atoms with van der Waals surface area (Å²) in [6, 6.07) is 56.8. The van der Waals surface area contributed by atoms with E-state index in [0.29, 0.717) is 5.95 Å². The molecule has 0 aliphatic carbocycles. The summed E-state index contributed by atoms with van der Waals surface area (Å²) in [6.07, 6.45) is 0. The number of fused-ring (bicyclic) bond motifs is 14. The summed E-state index contributed by atoms with van der Waals surface area (Å²) < 4.78 is 4.81. The van der Waals surface area contributed by atoms with Crippen molar-refractivity contribution < 1.29 is 0 Å². The Morgan fingerprint density at radius 1 is 0.380 bits per heavy atom. The third-order valence-electron chi connectivity index (χ3n) is 10.8. The van der Waals surface area contributed by atoms with Crippen LogP contribution in [0, 0.1) is 0 Å². The maximum atomic E-state index is 5.50. The Morgan fingerprint density at radius 2 is 1.02 bits per heavy atom. The van der Waals surface area contributed by atoms with E-state index in [0.717, 1.165) is 33.2 Å². The van der Waals surface area contributed by atoms with Crippen molar-refractivity contribution >= 4 is 92.3 Å². The first-order valence-corrected chi connectivity index (χ1v) is 17.1. The molecule has 0 saturated heterocycles. The van der Waals surface area contributed by atoms with E-state index in [-0.39, 0.29) is 0 Å². The summed E-state index contributed by atoms with van der Waals surface area (Å²) in [5.41, 5.74) is 8.83. The lowest BCUT2D eigenvalue weighted by Gasteiger charge is -2.13. The fraction of sp³-hybridized carbons (Fsp3) is 0. The van der Waals surface area contributed by atoms with E-state index in [1.807, 2.05) is 0 Å². The Labute approximate surface area is 285 Å². The molecule has 4 nitrogen and oxygen atoms in total.